The number of aryl methyl sites for hydroxylation is 1. The van der Waals surface area contributed by atoms with Gasteiger partial charge < -0.3 is 5.32 Å². The van der Waals surface area contributed by atoms with E-state index in [-0.39, 0.29) is 17.3 Å². The Morgan fingerprint density at radius 3 is 2.56 bits per heavy atom. The number of nitrogens with zero attached hydrogens (tertiary/aromatic N) is 1. The second-order valence-corrected chi connectivity index (χ2v) is 8.47. The van der Waals surface area contributed by atoms with Crippen LogP contribution in [0.2, 0.25) is 0 Å². The van der Waals surface area contributed by atoms with E-state index in [1.54, 1.807) is 0 Å². The molecule has 0 aliphatic carbocycles. The third-order valence-corrected chi connectivity index (χ3v) is 6.76. The molecular weight excluding hydrogens is 367 g/mol. The first kappa shape index (κ1) is 19.5. The van der Waals surface area contributed by atoms with Crippen LogP contribution in [-0.4, -0.2) is 31.2 Å². The highest BCUT2D eigenvalue weighted by Crippen LogP contribution is 2.27. The largest absolute Gasteiger partial charge is 0.324 e. The first-order valence-electron chi connectivity index (χ1n) is 9.09. The predicted molar refractivity (Wildman–Crippen MR) is 102 cm³/mol. The van der Waals surface area contributed by atoms with Crippen molar-refractivity contribution in [3.05, 3.63) is 59.9 Å². The summed E-state index contributed by atoms with van der Waals surface area (Å²) in [5.74, 6) is -0.834. The third-order valence-electron chi connectivity index (χ3n) is 4.83. The lowest BCUT2D eigenvalue weighted by Gasteiger charge is -2.33. The number of hydrogen-bond donors (Lipinski definition) is 1. The number of para-hydroxylation sites is 1. The number of hydrogen-bond acceptors (Lipinski definition) is 3. The fourth-order valence-electron chi connectivity index (χ4n) is 3.36. The van der Waals surface area contributed by atoms with Gasteiger partial charge in [0.15, 0.2) is 0 Å². The Kier molecular flexibility index (Phi) is 5.92. The Morgan fingerprint density at radius 2 is 1.85 bits per heavy atom. The maximum absolute atomic E-state index is 13.2. The maximum Gasteiger partial charge on any atom is 0.243 e. The zero-order chi connectivity index (χ0) is 19.4. The zero-order valence-electron chi connectivity index (χ0n) is 15.2. The average Bonchev–Trinajstić information content (AvgIpc) is 2.68. The van der Waals surface area contributed by atoms with Crippen LogP contribution < -0.4 is 5.32 Å². The number of halogens is 1. The van der Waals surface area contributed by atoms with E-state index in [0.717, 1.165) is 30.5 Å². The van der Waals surface area contributed by atoms with E-state index in [1.807, 2.05) is 31.2 Å². The highest BCUT2D eigenvalue weighted by Gasteiger charge is 2.37. The molecule has 0 bridgehead atoms. The maximum atomic E-state index is 13.2. The summed E-state index contributed by atoms with van der Waals surface area (Å²) in [6.07, 6.45) is 2.69. The fourth-order valence-corrected chi connectivity index (χ4v) is 5.02. The lowest BCUT2D eigenvalue weighted by atomic mass is 10.0. The molecule has 1 heterocycles. The van der Waals surface area contributed by atoms with Crippen LogP contribution in [0.4, 0.5) is 10.1 Å². The van der Waals surface area contributed by atoms with E-state index >= 15 is 0 Å². The summed E-state index contributed by atoms with van der Waals surface area (Å²) in [5, 5.41) is 2.89. The highest BCUT2D eigenvalue weighted by atomic mass is 32.2. The van der Waals surface area contributed by atoms with Crippen LogP contribution in [0.15, 0.2) is 53.4 Å². The number of benzene rings is 2. The van der Waals surface area contributed by atoms with E-state index in [1.165, 1.54) is 16.4 Å². The van der Waals surface area contributed by atoms with E-state index in [2.05, 4.69) is 5.32 Å². The van der Waals surface area contributed by atoms with Crippen molar-refractivity contribution in [2.45, 2.75) is 43.5 Å². The van der Waals surface area contributed by atoms with Gasteiger partial charge in [0.25, 0.3) is 0 Å². The predicted octanol–water partition coefficient (Wildman–Crippen LogP) is 3.57. The molecule has 1 fully saturated rings. The summed E-state index contributed by atoms with van der Waals surface area (Å²) in [5.41, 5.74) is 1.70. The van der Waals surface area contributed by atoms with E-state index in [9.17, 15) is 17.6 Å². The number of nitrogens with one attached hydrogen (secondary N) is 1. The molecule has 1 amide bonds. The molecule has 0 saturated carbocycles. The molecule has 1 aliphatic rings. The molecule has 2 aromatic carbocycles. The fraction of sp³-hybridized carbons (Fsp3) is 0.350. The molecule has 144 valence electrons. The van der Waals surface area contributed by atoms with Crippen LogP contribution in [0.5, 0.6) is 0 Å². The van der Waals surface area contributed by atoms with Crippen molar-refractivity contribution in [1.82, 2.24) is 4.31 Å². The van der Waals surface area contributed by atoms with Gasteiger partial charge in [0.1, 0.15) is 11.9 Å². The summed E-state index contributed by atoms with van der Waals surface area (Å²) in [7, 11) is -3.88. The number of anilines is 1. The van der Waals surface area contributed by atoms with Gasteiger partial charge in [0.2, 0.25) is 15.9 Å². The first-order valence-corrected chi connectivity index (χ1v) is 10.5. The second kappa shape index (κ2) is 8.19. The van der Waals surface area contributed by atoms with E-state index in [4.69, 9.17) is 0 Å². The monoisotopic (exact) mass is 390 g/mol. The molecule has 0 unspecified atom stereocenters. The summed E-state index contributed by atoms with van der Waals surface area (Å²) < 4.78 is 40.4. The summed E-state index contributed by atoms with van der Waals surface area (Å²) in [6.45, 7) is 2.27. The number of amides is 1. The minimum Gasteiger partial charge on any atom is -0.324 e. The summed E-state index contributed by atoms with van der Waals surface area (Å²) in [6, 6.07) is 11.4. The molecule has 27 heavy (non-hydrogen) atoms. The Bertz CT molecular complexity index is 913. The van der Waals surface area contributed by atoms with Crippen LogP contribution in [-0.2, 0) is 21.2 Å². The van der Waals surface area contributed by atoms with Crippen molar-refractivity contribution in [2.24, 2.45) is 0 Å². The topological polar surface area (TPSA) is 66.5 Å². The smallest absolute Gasteiger partial charge is 0.243 e. The van der Waals surface area contributed by atoms with Crippen molar-refractivity contribution in [3.8, 4) is 0 Å². The van der Waals surface area contributed by atoms with Gasteiger partial charge in [-0.25, -0.2) is 12.8 Å². The van der Waals surface area contributed by atoms with Gasteiger partial charge in [0.05, 0.1) is 4.90 Å². The SMILES string of the molecule is CCc1ccccc1NC(=O)[C@H]1CCCCN1S(=O)(=O)c1ccc(F)cc1. The molecule has 3 rings (SSSR count). The van der Waals surface area contributed by atoms with Crippen LogP contribution in [0, 0.1) is 5.82 Å². The molecule has 0 aromatic heterocycles. The van der Waals surface area contributed by atoms with Gasteiger partial charge in [-0.1, -0.05) is 31.5 Å². The van der Waals surface area contributed by atoms with Crippen molar-refractivity contribution >= 4 is 21.6 Å². The second-order valence-electron chi connectivity index (χ2n) is 6.58. The van der Waals surface area contributed by atoms with Gasteiger partial charge in [-0.05, 0) is 55.2 Å². The first-order chi connectivity index (χ1) is 12.9. The molecular formula is C20H23FN2O3S. The molecule has 1 saturated heterocycles. The minimum atomic E-state index is -3.88. The van der Waals surface area contributed by atoms with Crippen LogP contribution in [0.3, 0.4) is 0 Å². The quantitative estimate of drug-likeness (QED) is 0.849. The molecule has 1 aliphatic heterocycles. The van der Waals surface area contributed by atoms with Crippen LogP contribution in [0.25, 0.3) is 0 Å². The van der Waals surface area contributed by atoms with Gasteiger partial charge in [-0.3, -0.25) is 4.79 Å². The van der Waals surface area contributed by atoms with E-state index < -0.39 is 21.9 Å². The molecule has 0 spiro atoms. The van der Waals surface area contributed by atoms with Gasteiger partial charge in [0, 0.05) is 12.2 Å². The van der Waals surface area contributed by atoms with Crippen molar-refractivity contribution in [2.75, 3.05) is 11.9 Å². The molecule has 1 atom stereocenters. The average molecular weight is 390 g/mol. The van der Waals surface area contributed by atoms with Gasteiger partial charge in [-0.2, -0.15) is 4.31 Å². The number of rotatable bonds is 5. The lowest BCUT2D eigenvalue weighted by Crippen LogP contribution is -2.49. The highest BCUT2D eigenvalue weighted by molar-refractivity contribution is 7.89. The van der Waals surface area contributed by atoms with Gasteiger partial charge >= 0.3 is 0 Å². The Morgan fingerprint density at radius 1 is 1.15 bits per heavy atom. The lowest BCUT2D eigenvalue weighted by molar-refractivity contribution is -0.120. The molecule has 7 heteroatoms. The third kappa shape index (κ3) is 4.20. The standard InChI is InChI=1S/C20H23FN2O3S/c1-2-15-7-3-4-8-18(15)22-20(24)19-9-5-6-14-23(19)27(25,26)17-12-10-16(21)11-13-17/h3-4,7-8,10-13,19H,2,5-6,9,14H2,1H3,(H,22,24)/t19-/m1/s1. The molecule has 1 N–H and O–H groups in total. The van der Waals surface area contributed by atoms with Crippen LogP contribution >= 0.6 is 0 Å². The molecule has 2 aromatic rings. The van der Waals surface area contributed by atoms with Crippen LogP contribution in [0.1, 0.15) is 31.7 Å². The summed E-state index contributed by atoms with van der Waals surface area (Å²) in [4.78, 5) is 12.9. The Balaban J connectivity index is 1.86. The number of sulfonamides is 1. The number of piperidine rings is 1. The number of carbonyl (C=O) groups is 1. The van der Waals surface area contributed by atoms with Crippen molar-refractivity contribution in [3.63, 3.8) is 0 Å². The Labute approximate surface area is 159 Å². The van der Waals surface area contributed by atoms with Gasteiger partial charge in [-0.15, -0.1) is 0 Å². The zero-order valence-corrected chi connectivity index (χ0v) is 16.0. The van der Waals surface area contributed by atoms with Crippen molar-refractivity contribution < 1.29 is 17.6 Å². The molecule has 0 radical (unpaired) electrons. The number of carbonyl (C=O) groups excluding carboxylic acids is 1. The minimum absolute atomic E-state index is 0.00226. The normalized spacial score (nSPS) is 18.2. The van der Waals surface area contributed by atoms with Crippen molar-refractivity contribution in [1.29, 1.82) is 0 Å². The van der Waals surface area contributed by atoms with E-state index in [0.29, 0.717) is 18.5 Å². The summed E-state index contributed by atoms with van der Waals surface area (Å²) >= 11 is 0. The molecule has 5 nitrogen and oxygen atoms in total. The Hall–Kier alpha value is -2.25.